The van der Waals surface area contributed by atoms with Gasteiger partial charge in [0.15, 0.2) is 0 Å². The van der Waals surface area contributed by atoms with E-state index in [1.165, 1.54) is 39.2 Å². The smallest absolute Gasteiger partial charge is 0.406 e. The van der Waals surface area contributed by atoms with Crippen LogP contribution in [-0.4, -0.2) is 70.5 Å². The van der Waals surface area contributed by atoms with E-state index in [2.05, 4.69) is 27.6 Å². The van der Waals surface area contributed by atoms with Crippen LogP contribution in [0, 0.1) is 11.8 Å². The van der Waals surface area contributed by atoms with Crippen LogP contribution in [0.25, 0.3) is 0 Å². The quantitative estimate of drug-likeness (QED) is 0.337. The zero-order valence-electron chi connectivity index (χ0n) is 21.6. The highest BCUT2D eigenvalue weighted by Crippen LogP contribution is 2.29. The molecule has 1 aromatic carbocycles. The van der Waals surface area contributed by atoms with Crippen LogP contribution in [0.5, 0.6) is 0 Å². The van der Waals surface area contributed by atoms with Gasteiger partial charge in [-0.25, -0.2) is 9.59 Å². The van der Waals surface area contributed by atoms with Crippen molar-refractivity contribution in [1.29, 1.82) is 0 Å². The van der Waals surface area contributed by atoms with Crippen LogP contribution in [0.3, 0.4) is 0 Å². The van der Waals surface area contributed by atoms with Gasteiger partial charge in [0.1, 0.15) is 0 Å². The maximum Gasteiger partial charge on any atom is 0.406 e. The van der Waals surface area contributed by atoms with Crippen LogP contribution >= 0.6 is 11.6 Å². The zero-order valence-corrected chi connectivity index (χ0v) is 22.4. The number of benzene rings is 1. The lowest BCUT2D eigenvalue weighted by Gasteiger charge is -2.31. The van der Waals surface area contributed by atoms with Gasteiger partial charge in [0, 0.05) is 43.7 Å². The molecule has 1 aromatic rings. The molecule has 0 saturated heterocycles. The number of halogens is 1. The van der Waals surface area contributed by atoms with Crippen molar-refractivity contribution in [1.82, 2.24) is 20.9 Å². The van der Waals surface area contributed by atoms with Crippen LogP contribution in [0.2, 0.25) is 5.02 Å². The fourth-order valence-corrected chi connectivity index (χ4v) is 5.04. The number of amides is 3. The molecule has 0 unspecified atom stereocenters. The van der Waals surface area contributed by atoms with E-state index in [0.717, 1.165) is 18.5 Å². The summed E-state index contributed by atoms with van der Waals surface area (Å²) < 4.78 is 10.7. The Bertz CT molecular complexity index is 775. The Morgan fingerprint density at radius 2 is 1.97 bits per heavy atom. The molecule has 198 valence electrons. The first-order chi connectivity index (χ1) is 16.8. The van der Waals surface area contributed by atoms with Gasteiger partial charge in [-0.2, -0.15) is 0 Å². The first-order valence-electron chi connectivity index (χ1n) is 12.7. The van der Waals surface area contributed by atoms with Crippen LogP contribution in [-0.2, 0) is 9.47 Å². The second-order valence-electron chi connectivity index (χ2n) is 9.57. The van der Waals surface area contributed by atoms with Crippen LogP contribution < -0.4 is 16.0 Å². The number of hydrogen-bond donors (Lipinski definition) is 3. The third-order valence-electron chi connectivity index (χ3n) is 6.58. The monoisotopic (exact) mass is 510 g/mol. The highest BCUT2D eigenvalue weighted by molar-refractivity contribution is 6.30. The first kappa shape index (κ1) is 29.2. The van der Waals surface area contributed by atoms with E-state index < -0.39 is 6.09 Å². The van der Waals surface area contributed by atoms with Crippen LogP contribution in [0.1, 0.15) is 57.1 Å². The topological polar surface area (TPSA) is 91.9 Å². The highest BCUT2D eigenvalue weighted by atomic mass is 35.5. The standard InChI is InChI=1S/C26H43ClN4O4/c1-19(24(21-11-8-12-22(27)16-21)35-14-13-29-26(33)34-4)18-31(3)25(32)30-23(17-28-2)15-20-9-6-5-7-10-20/h8,11-12,16,19-20,23-24,28H,5-7,9-10,13-15,17-18H2,1-4H3,(H,29,33)(H,30,32)/t19-,23+,24+/m1/s1. The van der Waals surface area contributed by atoms with Gasteiger partial charge in [-0.1, -0.05) is 62.8 Å². The number of carbonyl (C=O) groups excluding carboxylic acids is 2. The Morgan fingerprint density at radius 1 is 1.23 bits per heavy atom. The van der Waals surface area contributed by atoms with Crippen molar-refractivity contribution in [2.75, 3.05) is 47.4 Å². The number of hydrogen-bond acceptors (Lipinski definition) is 5. The van der Waals surface area contributed by atoms with Gasteiger partial charge in [0.05, 0.1) is 19.8 Å². The maximum atomic E-state index is 13.1. The third kappa shape index (κ3) is 10.6. The van der Waals surface area contributed by atoms with E-state index in [1.807, 2.05) is 38.4 Å². The van der Waals surface area contributed by atoms with Crippen molar-refractivity contribution >= 4 is 23.7 Å². The average Bonchev–Trinajstić information content (AvgIpc) is 2.84. The minimum Gasteiger partial charge on any atom is -0.453 e. The Labute approximate surface area is 215 Å². The number of methoxy groups -OCH3 is 1. The summed E-state index contributed by atoms with van der Waals surface area (Å²) in [5, 5.41) is 9.70. The van der Waals surface area contributed by atoms with E-state index in [4.69, 9.17) is 16.3 Å². The van der Waals surface area contributed by atoms with E-state index in [9.17, 15) is 9.59 Å². The van der Waals surface area contributed by atoms with Gasteiger partial charge < -0.3 is 30.3 Å². The molecule has 35 heavy (non-hydrogen) atoms. The van der Waals surface area contributed by atoms with E-state index in [0.29, 0.717) is 30.6 Å². The molecule has 8 nitrogen and oxygen atoms in total. The number of carbonyl (C=O) groups is 2. The van der Waals surface area contributed by atoms with Gasteiger partial charge in [-0.3, -0.25) is 0 Å². The molecule has 9 heteroatoms. The number of nitrogens with zero attached hydrogens (tertiary/aromatic N) is 1. The fourth-order valence-electron chi connectivity index (χ4n) is 4.84. The Morgan fingerprint density at radius 3 is 2.63 bits per heavy atom. The van der Waals surface area contributed by atoms with Gasteiger partial charge in [0.2, 0.25) is 0 Å². The molecule has 1 aliphatic rings. The normalized spacial score (nSPS) is 16.7. The Hall–Kier alpha value is -2.03. The summed E-state index contributed by atoms with van der Waals surface area (Å²) in [6.07, 6.45) is 6.65. The van der Waals surface area contributed by atoms with E-state index >= 15 is 0 Å². The van der Waals surface area contributed by atoms with Crippen molar-refractivity contribution in [3.8, 4) is 0 Å². The summed E-state index contributed by atoms with van der Waals surface area (Å²) in [5.74, 6) is 0.675. The third-order valence-corrected chi connectivity index (χ3v) is 6.81. The molecule has 3 N–H and O–H groups in total. The second kappa shape index (κ2) is 15.9. The molecule has 3 amide bonds. The number of nitrogens with one attached hydrogen (secondary N) is 3. The van der Waals surface area contributed by atoms with Gasteiger partial charge in [-0.15, -0.1) is 0 Å². The van der Waals surface area contributed by atoms with Crippen molar-refractivity contribution in [3.05, 3.63) is 34.9 Å². The molecule has 0 heterocycles. The summed E-state index contributed by atoms with van der Waals surface area (Å²) in [5.41, 5.74) is 0.933. The zero-order chi connectivity index (χ0) is 25.6. The Balaban J connectivity index is 1.96. The lowest BCUT2D eigenvalue weighted by Crippen LogP contribution is -2.48. The number of rotatable bonds is 13. The van der Waals surface area contributed by atoms with Gasteiger partial charge >= 0.3 is 12.1 Å². The minimum absolute atomic E-state index is 0.0107. The predicted octanol–water partition coefficient (Wildman–Crippen LogP) is 4.59. The number of likely N-dealkylation sites (N-methyl/N-ethyl adjacent to an activating group) is 1. The van der Waals surface area contributed by atoms with Crippen LogP contribution in [0.15, 0.2) is 24.3 Å². The summed E-state index contributed by atoms with van der Waals surface area (Å²) in [4.78, 5) is 26.1. The number of ether oxygens (including phenoxy) is 2. The molecule has 2 rings (SSSR count). The maximum absolute atomic E-state index is 13.1. The first-order valence-corrected chi connectivity index (χ1v) is 13.1. The van der Waals surface area contributed by atoms with Crippen molar-refractivity contribution in [2.45, 2.75) is 57.6 Å². The molecule has 0 aliphatic heterocycles. The molecule has 0 aromatic heterocycles. The molecule has 1 aliphatic carbocycles. The highest BCUT2D eigenvalue weighted by Gasteiger charge is 2.25. The molecule has 0 bridgehead atoms. The lowest BCUT2D eigenvalue weighted by atomic mass is 9.85. The molecule has 0 radical (unpaired) electrons. The molecule has 3 atom stereocenters. The van der Waals surface area contributed by atoms with Crippen molar-refractivity contribution in [2.24, 2.45) is 11.8 Å². The predicted molar refractivity (Wildman–Crippen MR) is 140 cm³/mol. The molecular weight excluding hydrogens is 468 g/mol. The van der Waals surface area contributed by atoms with Crippen molar-refractivity contribution in [3.63, 3.8) is 0 Å². The summed E-state index contributed by atoms with van der Waals surface area (Å²) in [6.45, 7) is 3.93. The number of alkyl carbamates (subject to hydrolysis) is 1. The van der Waals surface area contributed by atoms with Gasteiger partial charge in [0.25, 0.3) is 0 Å². The van der Waals surface area contributed by atoms with Crippen molar-refractivity contribution < 1.29 is 19.1 Å². The Kier molecular flexibility index (Phi) is 13.2. The fraction of sp³-hybridized carbons (Fsp3) is 0.692. The number of urea groups is 1. The summed E-state index contributed by atoms with van der Waals surface area (Å²) in [6, 6.07) is 7.58. The minimum atomic E-state index is -0.498. The SMILES string of the molecule is CNC[C@H](CC1CCCCC1)NC(=O)N(C)C[C@@H](C)[C@H](OCCNC(=O)OC)c1cccc(Cl)c1. The summed E-state index contributed by atoms with van der Waals surface area (Å²) >= 11 is 6.23. The summed E-state index contributed by atoms with van der Waals surface area (Å²) in [7, 11) is 5.06. The van der Waals surface area contributed by atoms with E-state index in [-0.39, 0.29) is 24.1 Å². The lowest BCUT2D eigenvalue weighted by molar-refractivity contribution is 0.0113. The molecular formula is C26H43ClN4O4. The second-order valence-corrected chi connectivity index (χ2v) is 10.0. The van der Waals surface area contributed by atoms with E-state index in [1.54, 1.807) is 4.90 Å². The average molecular weight is 511 g/mol. The molecule has 1 saturated carbocycles. The largest absolute Gasteiger partial charge is 0.453 e. The molecule has 0 spiro atoms. The van der Waals surface area contributed by atoms with Crippen LogP contribution in [0.4, 0.5) is 9.59 Å². The molecule has 1 fully saturated rings. The van der Waals surface area contributed by atoms with Gasteiger partial charge in [-0.05, 0) is 37.1 Å².